The number of carbonyl (C=O) groups excluding carboxylic acids is 3. The highest BCUT2D eigenvalue weighted by molar-refractivity contribution is 6.31. The number of amides is 3. The van der Waals surface area contributed by atoms with Gasteiger partial charge in [-0.1, -0.05) is 35.9 Å². The van der Waals surface area contributed by atoms with E-state index in [0.29, 0.717) is 23.4 Å². The Morgan fingerprint density at radius 1 is 1.23 bits per heavy atom. The van der Waals surface area contributed by atoms with Crippen LogP contribution in [0.25, 0.3) is 10.8 Å². The summed E-state index contributed by atoms with van der Waals surface area (Å²) in [6, 6.07) is 12.0. The maximum atomic E-state index is 12.2. The molecule has 1 aliphatic rings. The fraction of sp³-hybridized carbons (Fsp3) is 0.227. The Morgan fingerprint density at radius 3 is 2.80 bits per heavy atom. The Hall–Kier alpha value is -3.32. The first-order valence-corrected chi connectivity index (χ1v) is 9.96. The standard InChI is InChI=1S/C22H20ClN3O4/c23-17-4-2-1-3-14(17)10-20(28)24-11-13-5-6-16-15(9-13)12-26(22(16)30)18-7-8-19(27)25-21(18)29/h1-6,9,12,18,30H,7-8,10-11H2,(H,24,28)(H,25,27,29). The summed E-state index contributed by atoms with van der Waals surface area (Å²) in [5, 5.41) is 17.6. The van der Waals surface area contributed by atoms with Crippen molar-refractivity contribution in [3.63, 3.8) is 0 Å². The van der Waals surface area contributed by atoms with Crippen LogP contribution in [0.15, 0.2) is 48.7 Å². The van der Waals surface area contributed by atoms with Gasteiger partial charge in [0.05, 0.1) is 6.42 Å². The third-order valence-corrected chi connectivity index (χ3v) is 5.59. The molecule has 3 N–H and O–H groups in total. The molecule has 1 atom stereocenters. The lowest BCUT2D eigenvalue weighted by Crippen LogP contribution is -2.41. The topological polar surface area (TPSA) is 100 Å². The molecule has 3 amide bonds. The van der Waals surface area contributed by atoms with E-state index in [9.17, 15) is 19.5 Å². The number of carbonyl (C=O) groups is 3. The molecule has 0 saturated carbocycles. The number of nitrogens with one attached hydrogen (secondary N) is 2. The molecule has 30 heavy (non-hydrogen) atoms. The van der Waals surface area contributed by atoms with Crippen molar-refractivity contribution in [3.05, 3.63) is 64.8 Å². The van der Waals surface area contributed by atoms with Gasteiger partial charge in [-0.2, -0.15) is 0 Å². The maximum Gasteiger partial charge on any atom is 0.249 e. The summed E-state index contributed by atoms with van der Waals surface area (Å²) >= 11 is 6.10. The van der Waals surface area contributed by atoms with Crippen molar-refractivity contribution < 1.29 is 19.5 Å². The Morgan fingerprint density at radius 2 is 2.03 bits per heavy atom. The molecule has 1 saturated heterocycles. The van der Waals surface area contributed by atoms with Crippen molar-refractivity contribution in [2.75, 3.05) is 0 Å². The molecule has 0 spiro atoms. The third kappa shape index (κ3) is 4.02. The van der Waals surface area contributed by atoms with E-state index >= 15 is 0 Å². The second-order valence-corrected chi connectivity index (χ2v) is 7.70. The predicted octanol–water partition coefficient (Wildman–Crippen LogP) is 2.84. The lowest BCUT2D eigenvalue weighted by atomic mass is 10.1. The molecule has 2 heterocycles. The molecule has 1 fully saturated rings. The Balaban J connectivity index is 1.47. The van der Waals surface area contributed by atoms with Crippen molar-refractivity contribution in [2.24, 2.45) is 0 Å². The number of halogens is 1. The lowest BCUT2D eigenvalue weighted by molar-refractivity contribution is -0.135. The highest BCUT2D eigenvalue weighted by Gasteiger charge is 2.30. The van der Waals surface area contributed by atoms with Gasteiger partial charge in [0.25, 0.3) is 0 Å². The first kappa shape index (κ1) is 20.0. The van der Waals surface area contributed by atoms with E-state index in [-0.39, 0.29) is 30.5 Å². The zero-order valence-electron chi connectivity index (χ0n) is 16.0. The molecule has 1 unspecified atom stereocenters. The van der Waals surface area contributed by atoms with Gasteiger partial charge < -0.3 is 15.0 Å². The van der Waals surface area contributed by atoms with Gasteiger partial charge in [0, 0.05) is 35.0 Å². The fourth-order valence-corrected chi connectivity index (χ4v) is 3.85. The van der Waals surface area contributed by atoms with Crippen LogP contribution in [0.2, 0.25) is 5.02 Å². The number of piperidine rings is 1. The van der Waals surface area contributed by atoms with Crippen molar-refractivity contribution in [1.29, 1.82) is 0 Å². The van der Waals surface area contributed by atoms with E-state index in [1.165, 1.54) is 4.57 Å². The van der Waals surface area contributed by atoms with Gasteiger partial charge in [0.2, 0.25) is 17.7 Å². The summed E-state index contributed by atoms with van der Waals surface area (Å²) in [6.45, 7) is 0.323. The number of aromatic nitrogens is 1. The van der Waals surface area contributed by atoms with Gasteiger partial charge in [0.15, 0.2) is 5.88 Å². The SMILES string of the molecule is O=C(Cc1ccccc1Cl)NCc1ccc2c(O)n(C3CCC(=O)NC3=O)cc2c1. The van der Waals surface area contributed by atoms with Crippen LogP contribution in [0.4, 0.5) is 0 Å². The first-order valence-electron chi connectivity index (χ1n) is 9.58. The van der Waals surface area contributed by atoms with Crippen molar-refractivity contribution in [1.82, 2.24) is 15.2 Å². The molecule has 3 aromatic rings. The number of fused-ring (bicyclic) bond motifs is 1. The minimum Gasteiger partial charge on any atom is -0.494 e. The van der Waals surface area contributed by atoms with Gasteiger partial charge in [0.1, 0.15) is 6.04 Å². The average Bonchev–Trinajstić information content (AvgIpc) is 3.04. The molecule has 4 rings (SSSR count). The molecule has 1 aliphatic heterocycles. The molecule has 154 valence electrons. The van der Waals surface area contributed by atoms with Gasteiger partial charge >= 0.3 is 0 Å². The minimum atomic E-state index is -0.631. The Kier molecular flexibility index (Phi) is 5.46. The molecule has 7 nitrogen and oxygen atoms in total. The summed E-state index contributed by atoms with van der Waals surface area (Å²) < 4.78 is 1.49. The molecule has 8 heteroatoms. The molecule has 0 bridgehead atoms. The van der Waals surface area contributed by atoms with Crippen LogP contribution in [-0.2, 0) is 27.3 Å². The maximum absolute atomic E-state index is 12.2. The summed E-state index contributed by atoms with van der Waals surface area (Å²) in [5.74, 6) is -0.892. The third-order valence-electron chi connectivity index (χ3n) is 5.22. The lowest BCUT2D eigenvalue weighted by Gasteiger charge is -2.22. The molecule has 0 radical (unpaired) electrons. The van der Waals surface area contributed by atoms with Gasteiger partial charge in [-0.3, -0.25) is 19.7 Å². The van der Waals surface area contributed by atoms with Crippen LogP contribution in [0.5, 0.6) is 5.88 Å². The zero-order valence-corrected chi connectivity index (χ0v) is 16.8. The van der Waals surface area contributed by atoms with E-state index in [2.05, 4.69) is 10.6 Å². The Labute approximate surface area is 177 Å². The van der Waals surface area contributed by atoms with Crippen LogP contribution in [0.3, 0.4) is 0 Å². The predicted molar refractivity (Wildman–Crippen MR) is 112 cm³/mol. The number of hydrogen-bond acceptors (Lipinski definition) is 4. The van der Waals surface area contributed by atoms with E-state index in [1.807, 2.05) is 30.3 Å². The van der Waals surface area contributed by atoms with E-state index in [1.54, 1.807) is 18.3 Å². The molecular formula is C22H20ClN3O4. The summed E-state index contributed by atoms with van der Waals surface area (Å²) in [7, 11) is 0. The first-order chi connectivity index (χ1) is 14.4. The van der Waals surface area contributed by atoms with Crippen LogP contribution >= 0.6 is 11.6 Å². The van der Waals surface area contributed by atoms with E-state index in [0.717, 1.165) is 16.5 Å². The van der Waals surface area contributed by atoms with Gasteiger partial charge in [-0.25, -0.2) is 0 Å². The van der Waals surface area contributed by atoms with Gasteiger partial charge in [-0.15, -0.1) is 0 Å². The van der Waals surface area contributed by atoms with Gasteiger partial charge in [-0.05, 0) is 35.7 Å². The quantitative estimate of drug-likeness (QED) is 0.547. The molecule has 2 aromatic carbocycles. The smallest absolute Gasteiger partial charge is 0.249 e. The van der Waals surface area contributed by atoms with Crippen molar-refractivity contribution >= 4 is 40.1 Å². The highest BCUT2D eigenvalue weighted by atomic mass is 35.5. The largest absolute Gasteiger partial charge is 0.494 e. The summed E-state index contributed by atoms with van der Waals surface area (Å²) in [4.78, 5) is 35.7. The highest BCUT2D eigenvalue weighted by Crippen LogP contribution is 2.33. The number of nitrogens with zero attached hydrogens (tertiary/aromatic N) is 1. The van der Waals surface area contributed by atoms with E-state index < -0.39 is 11.9 Å². The van der Waals surface area contributed by atoms with Crippen LogP contribution in [0.1, 0.15) is 30.0 Å². The minimum absolute atomic E-state index is 0.0196. The fourth-order valence-electron chi connectivity index (χ4n) is 3.65. The Bertz CT molecular complexity index is 1150. The summed E-state index contributed by atoms with van der Waals surface area (Å²) in [5.41, 5.74) is 1.62. The van der Waals surface area contributed by atoms with Crippen LogP contribution < -0.4 is 10.6 Å². The summed E-state index contributed by atoms with van der Waals surface area (Å²) in [6.07, 6.45) is 2.45. The van der Waals surface area contributed by atoms with Crippen LogP contribution in [-0.4, -0.2) is 27.4 Å². The average molecular weight is 426 g/mol. The number of imide groups is 1. The molecular weight excluding hydrogens is 406 g/mol. The number of rotatable bonds is 5. The van der Waals surface area contributed by atoms with E-state index in [4.69, 9.17) is 11.6 Å². The number of aromatic hydroxyl groups is 1. The number of benzene rings is 2. The van der Waals surface area contributed by atoms with Crippen molar-refractivity contribution in [2.45, 2.75) is 31.8 Å². The van der Waals surface area contributed by atoms with Crippen molar-refractivity contribution in [3.8, 4) is 5.88 Å². The molecule has 1 aromatic heterocycles. The second kappa shape index (κ2) is 8.20. The monoisotopic (exact) mass is 425 g/mol. The number of hydrogen-bond donors (Lipinski definition) is 3. The molecule has 0 aliphatic carbocycles. The second-order valence-electron chi connectivity index (χ2n) is 7.29. The normalized spacial score (nSPS) is 16.5. The van der Waals surface area contributed by atoms with Crippen LogP contribution in [0, 0.1) is 0 Å². The zero-order chi connectivity index (χ0) is 21.3.